The first-order valence-electron chi connectivity index (χ1n) is 6.38. The van der Waals surface area contributed by atoms with Crippen LogP contribution in [0.15, 0.2) is 48.5 Å². The van der Waals surface area contributed by atoms with Gasteiger partial charge >= 0.3 is 0 Å². The molecule has 1 atom stereocenters. The van der Waals surface area contributed by atoms with Crippen molar-refractivity contribution in [3.05, 3.63) is 65.2 Å². The van der Waals surface area contributed by atoms with Gasteiger partial charge in [0.1, 0.15) is 5.75 Å². The normalized spacial score (nSPS) is 11.9. The Morgan fingerprint density at radius 3 is 2.50 bits per heavy atom. The first kappa shape index (κ1) is 14.1. The summed E-state index contributed by atoms with van der Waals surface area (Å²) in [6, 6.07) is 13.4. The van der Waals surface area contributed by atoms with Crippen molar-refractivity contribution in [1.82, 2.24) is 5.32 Å². The van der Waals surface area contributed by atoms with Crippen LogP contribution in [0.4, 0.5) is 0 Å². The van der Waals surface area contributed by atoms with E-state index in [1.807, 2.05) is 30.3 Å². The summed E-state index contributed by atoms with van der Waals surface area (Å²) >= 11 is 0. The van der Waals surface area contributed by atoms with E-state index in [1.54, 1.807) is 13.0 Å². The summed E-state index contributed by atoms with van der Waals surface area (Å²) in [5, 5.41) is 21.6. The molecule has 2 aromatic carbocycles. The quantitative estimate of drug-likeness (QED) is 0.798. The number of aryl methyl sites for hydroxylation is 1. The maximum absolute atomic E-state index is 12.2. The third-order valence-corrected chi connectivity index (χ3v) is 3.14. The maximum atomic E-state index is 12.2. The van der Waals surface area contributed by atoms with Crippen LogP contribution in [-0.2, 0) is 0 Å². The third kappa shape index (κ3) is 3.16. The lowest BCUT2D eigenvalue weighted by Gasteiger charge is -2.17. The fourth-order valence-electron chi connectivity index (χ4n) is 2.06. The Hall–Kier alpha value is -2.33. The van der Waals surface area contributed by atoms with Gasteiger partial charge in [-0.05, 0) is 36.2 Å². The number of phenols is 1. The van der Waals surface area contributed by atoms with Gasteiger partial charge in [0, 0.05) is 5.56 Å². The molecule has 0 saturated heterocycles. The highest BCUT2D eigenvalue weighted by atomic mass is 16.3. The van der Waals surface area contributed by atoms with Crippen molar-refractivity contribution in [2.45, 2.75) is 13.0 Å². The zero-order chi connectivity index (χ0) is 14.5. The summed E-state index contributed by atoms with van der Waals surface area (Å²) < 4.78 is 0. The Kier molecular flexibility index (Phi) is 4.38. The van der Waals surface area contributed by atoms with E-state index in [4.69, 9.17) is 0 Å². The van der Waals surface area contributed by atoms with Crippen LogP contribution in [-0.4, -0.2) is 22.7 Å². The fourth-order valence-corrected chi connectivity index (χ4v) is 2.06. The molecule has 0 bridgehead atoms. The number of aliphatic hydroxyl groups excluding tert-OH is 1. The Labute approximate surface area is 117 Å². The molecule has 4 heteroatoms. The van der Waals surface area contributed by atoms with Gasteiger partial charge < -0.3 is 15.5 Å². The van der Waals surface area contributed by atoms with E-state index in [0.717, 1.165) is 5.56 Å². The highest BCUT2D eigenvalue weighted by molar-refractivity contribution is 5.96. The van der Waals surface area contributed by atoms with Gasteiger partial charge in [-0.25, -0.2) is 0 Å². The minimum atomic E-state index is -0.447. The topological polar surface area (TPSA) is 69.6 Å². The first-order valence-corrected chi connectivity index (χ1v) is 6.38. The number of nitrogens with one attached hydrogen (secondary N) is 1. The van der Waals surface area contributed by atoms with Crippen LogP contribution in [0.2, 0.25) is 0 Å². The molecular weight excluding hydrogens is 254 g/mol. The lowest BCUT2D eigenvalue weighted by molar-refractivity contribution is 0.0915. The average molecular weight is 271 g/mol. The van der Waals surface area contributed by atoms with Gasteiger partial charge in [0.2, 0.25) is 0 Å². The molecule has 0 fully saturated rings. The summed E-state index contributed by atoms with van der Waals surface area (Å²) in [6.07, 6.45) is 0. The largest absolute Gasteiger partial charge is 0.508 e. The van der Waals surface area contributed by atoms with E-state index >= 15 is 0 Å². The molecule has 4 nitrogen and oxygen atoms in total. The summed E-state index contributed by atoms with van der Waals surface area (Å²) in [5.41, 5.74) is 2.02. The zero-order valence-electron chi connectivity index (χ0n) is 11.2. The maximum Gasteiger partial charge on any atom is 0.252 e. The van der Waals surface area contributed by atoms with Crippen LogP contribution in [0.25, 0.3) is 0 Å². The molecule has 2 aromatic rings. The van der Waals surface area contributed by atoms with E-state index in [1.165, 1.54) is 12.1 Å². The number of hydrogen-bond donors (Lipinski definition) is 3. The van der Waals surface area contributed by atoms with Crippen molar-refractivity contribution in [3.8, 4) is 5.75 Å². The van der Waals surface area contributed by atoms with Crippen molar-refractivity contribution >= 4 is 5.91 Å². The van der Waals surface area contributed by atoms with E-state index < -0.39 is 6.04 Å². The predicted octanol–water partition coefficient (Wildman–Crippen LogP) is 2.16. The van der Waals surface area contributed by atoms with Crippen LogP contribution in [0, 0.1) is 6.92 Å². The number of hydrogen-bond acceptors (Lipinski definition) is 3. The average Bonchev–Trinajstić information content (AvgIpc) is 2.45. The van der Waals surface area contributed by atoms with Gasteiger partial charge in [-0.1, -0.05) is 30.3 Å². The molecular formula is C16H17NO3. The van der Waals surface area contributed by atoms with Gasteiger partial charge in [-0.15, -0.1) is 0 Å². The minimum absolute atomic E-state index is 0.126. The molecule has 0 spiro atoms. The molecule has 1 amide bonds. The first-order chi connectivity index (χ1) is 9.61. The van der Waals surface area contributed by atoms with Gasteiger partial charge in [-0.2, -0.15) is 0 Å². The van der Waals surface area contributed by atoms with Crippen molar-refractivity contribution in [2.75, 3.05) is 6.61 Å². The summed E-state index contributed by atoms with van der Waals surface area (Å²) in [7, 11) is 0. The van der Waals surface area contributed by atoms with Crippen molar-refractivity contribution in [2.24, 2.45) is 0 Å². The molecule has 0 heterocycles. The lowest BCUT2D eigenvalue weighted by Crippen LogP contribution is -2.31. The van der Waals surface area contributed by atoms with Crippen molar-refractivity contribution in [3.63, 3.8) is 0 Å². The van der Waals surface area contributed by atoms with E-state index in [-0.39, 0.29) is 18.3 Å². The van der Waals surface area contributed by atoms with Crippen LogP contribution >= 0.6 is 0 Å². The lowest BCUT2D eigenvalue weighted by atomic mass is 10.0. The highest BCUT2D eigenvalue weighted by Crippen LogP contribution is 2.17. The number of rotatable bonds is 4. The second-order valence-corrected chi connectivity index (χ2v) is 4.62. The molecule has 0 radical (unpaired) electrons. The summed E-state index contributed by atoms with van der Waals surface area (Å²) in [5.74, 6) is -0.147. The third-order valence-electron chi connectivity index (χ3n) is 3.14. The van der Waals surface area contributed by atoms with Gasteiger partial charge in [-0.3, -0.25) is 4.79 Å². The van der Waals surface area contributed by atoms with Gasteiger partial charge in [0.25, 0.3) is 5.91 Å². The SMILES string of the molecule is Cc1cc(O)ccc1C(=O)NC(CO)c1ccccc1. The standard InChI is InChI=1S/C16H17NO3/c1-11-9-13(19)7-8-14(11)16(20)17-15(10-18)12-5-3-2-4-6-12/h2-9,15,18-19H,10H2,1H3,(H,17,20). The number of amides is 1. The predicted molar refractivity (Wildman–Crippen MR) is 76.6 cm³/mol. The molecule has 0 aromatic heterocycles. The molecule has 0 aliphatic rings. The Balaban J connectivity index is 2.17. The Morgan fingerprint density at radius 1 is 1.20 bits per heavy atom. The van der Waals surface area contributed by atoms with Gasteiger partial charge in [0.05, 0.1) is 12.6 Å². The number of phenolic OH excluding ortho intramolecular Hbond substituents is 1. The number of carbonyl (C=O) groups is 1. The molecule has 0 saturated carbocycles. The number of aromatic hydroxyl groups is 1. The fraction of sp³-hybridized carbons (Fsp3) is 0.188. The second kappa shape index (κ2) is 6.21. The molecule has 3 N–H and O–H groups in total. The smallest absolute Gasteiger partial charge is 0.252 e. The highest BCUT2D eigenvalue weighted by Gasteiger charge is 2.16. The van der Waals surface area contributed by atoms with E-state index in [9.17, 15) is 15.0 Å². The molecule has 1 unspecified atom stereocenters. The Morgan fingerprint density at radius 2 is 1.90 bits per heavy atom. The number of aliphatic hydroxyl groups is 1. The summed E-state index contributed by atoms with van der Waals surface area (Å²) in [6.45, 7) is 1.58. The molecule has 0 aliphatic heterocycles. The molecule has 2 rings (SSSR count). The van der Waals surface area contributed by atoms with Crippen LogP contribution in [0.1, 0.15) is 27.5 Å². The molecule has 0 aliphatic carbocycles. The van der Waals surface area contributed by atoms with Crippen LogP contribution in [0.3, 0.4) is 0 Å². The van der Waals surface area contributed by atoms with Crippen molar-refractivity contribution in [1.29, 1.82) is 0 Å². The molecule has 104 valence electrons. The monoisotopic (exact) mass is 271 g/mol. The Bertz CT molecular complexity index is 596. The van der Waals surface area contributed by atoms with E-state index in [0.29, 0.717) is 11.1 Å². The van der Waals surface area contributed by atoms with Crippen LogP contribution < -0.4 is 5.32 Å². The number of benzene rings is 2. The van der Waals surface area contributed by atoms with Crippen LogP contribution in [0.5, 0.6) is 5.75 Å². The molecule has 20 heavy (non-hydrogen) atoms. The minimum Gasteiger partial charge on any atom is -0.508 e. The second-order valence-electron chi connectivity index (χ2n) is 4.62. The summed E-state index contributed by atoms with van der Waals surface area (Å²) in [4.78, 5) is 12.2. The van der Waals surface area contributed by atoms with E-state index in [2.05, 4.69) is 5.32 Å². The van der Waals surface area contributed by atoms with Crippen molar-refractivity contribution < 1.29 is 15.0 Å². The number of carbonyl (C=O) groups excluding carboxylic acids is 1. The zero-order valence-corrected chi connectivity index (χ0v) is 11.2. The van der Waals surface area contributed by atoms with Gasteiger partial charge in [0.15, 0.2) is 0 Å².